The lowest BCUT2D eigenvalue weighted by molar-refractivity contribution is -0.138. The van der Waals surface area contributed by atoms with Gasteiger partial charge in [0.25, 0.3) is 0 Å². The molecule has 0 heterocycles. The van der Waals surface area contributed by atoms with Gasteiger partial charge in [-0.1, -0.05) is 11.6 Å². The Balaban J connectivity index is 2.43. The molecular weight excluding hydrogens is 235 g/mol. The molecule has 0 saturated heterocycles. The van der Waals surface area contributed by atoms with Crippen LogP contribution in [0.2, 0.25) is 5.02 Å². The lowest BCUT2D eigenvalue weighted by Gasteiger charge is -2.09. The normalized spacial score (nSPS) is 12.2. The van der Waals surface area contributed by atoms with Gasteiger partial charge in [0.2, 0.25) is 0 Å². The van der Waals surface area contributed by atoms with Crippen LogP contribution in [0.25, 0.3) is 0 Å². The van der Waals surface area contributed by atoms with Crippen molar-refractivity contribution < 1.29 is 14.3 Å². The highest BCUT2D eigenvalue weighted by Gasteiger charge is 2.10. The monoisotopic (exact) mass is 246 g/mol. The summed E-state index contributed by atoms with van der Waals surface area (Å²) < 4.78 is 12.8. The third-order valence-electron chi connectivity index (χ3n) is 2.02. The minimum absolute atomic E-state index is 0.0209. The number of halogens is 2. The molecule has 0 aromatic heterocycles. The van der Waals surface area contributed by atoms with E-state index >= 15 is 0 Å². The van der Waals surface area contributed by atoms with Crippen molar-refractivity contribution in [3.8, 4) is 0 Å². The quantitative estimate of drug-likeness (QED) is 0.739. The minimum atomic E-state index is -1.04. The lowest BCUT2D eigenvalue weighted by atomic mass is 10.2. The average Bonchev–Trinajstić information content (AvgIpc) is 2.23. The number of nitrogens with one attached hydrogen (secondary N) is 1. The molecule has 1 rings (SSSR count). The number of carbonyl (C=O) groups is 1. The van der Waals surface area contributed by atoms with Crippen molar-refractivity contribution in [3.63, 3.8) is 0 Å². The summed E-state index contributed by atoms with van der Waals surface area (Å²) in [5, 5.41) is 11.5. The summed E-state index contributed by atoms with van der Waals surface area (Å²) in [7, 11) is 0. The fourth-order valence-corrected chi connectivity index (χ4v) is 1.28. The highest BCUT2D eigenvalue weighted by atomic mass is 35.5. The maximum absolute atomic E-state index is 12.8. The Labute approximate surface area is 97.2 Å². The predicted molar refractivity (Wildman–Crippen MR) is 60.1 cm³/mol. The zero-order valence-corrected chi connectivity index (χ0v) is 9.17. The number of nitrogens with two attached hydrogens (primary N) is 1. The van der Waals surface area contributed by atoms with Crippen LogP contribution < -0.4 is 11.1 Å². The van der Waals surface area contributed by atoms with Gasteiger partial charge in [-0.25, -0.2) is 4.39 Å². The van der Waals surface area contributed by atoms with Crippen molar-refractivity contribution in [2.45, 2.75) is 12.5 Å². The summed E-state index contributed by atoms with van der Waals surface area (Å²) >= 11 is 5.57. The zero-order chi connectivity index (χ0) is 12.1. The Hall–Kier alpha value is -1.33. The summed E-state index contributed by atoms with van der Waals surface area (Å²) in [5.41, 5.74) is 5.94. The summed E-state index contributed by atoms with van der Waals surface area (Å²) in [6.45, 7) is 0.384. The molecule has 1 aromatic carbocycles. The number of anilines is 1. The van der Waals surface area contributed by atoms with Crippen molar-refractivity contribution in [3.05, 3.63) is 29.0 Å². The number of hydrogen-bond donors (Lipinski definition) is 3. The molecule has 0 radical (unpaired) electrons. The summed E-state index contributed by atoms with van der Waals surface area (Å²) in [6, 6.07) is 3.29. The highest BCUT2D eigenvalue weighted by Crippen LogP contribution is 2.19. The lowest BCUT2D eigenvalue weighted by Crippen LogP contribution is -2.32. The smallest absolute Gasteiger partial charge is 0.320 e. The molecule has 0 bridgehead atoms. The molecule has 6 heteroatoms. The van der Waals surface area contributed by atoms with E-state index in [1.807, 2.05) is 0 Å². The van der Waals surface area contributed by atoms with E-state index in [4.69, 9.17) is 22.4 Å². The van der Waals surface area contributed by atoms with Crippen LogP contribution >= 0.6 is 11.6 Å². The Morgan fingerprint density at radius 1 is 1.62 bits per heavy atom. The molecule has 88 valence electrons. The molecule has 0 fully saturated rings. The SMILES string of the molecule is NC(CCNc1ccc(F)c(Cl)c1)C(=O)O. The Morgan fingerprint density at radius 2 is 2.31 bits per heavy atom. The molecule has 4 N–H and O–H groups in total. The van der Waals surface area contributed by atoms with Gasteiger partial charge < -0.3 is 16.2 Å². The van der Waals surface area contributed by atoms with Crippen LogP contribution in [0.4, 0.5) is 10.1 Å². The fraction of sp³-hybridized carbons (Fsp3) is 0.300. The minimum Gasteiger partial charge on any atom is -0.480 e. The molecule has 0 aliphatic heterocycles. The van der Waals surface area contributed by atoms with Gasteiger partial charge in [0.1, 0.15) is 11.9 Å². The van der Waals surface area contributed by atoms with Crippen LogP contribution in [0, 0.1) is 5.82 Å². The van der Waals surface area contributed by atoms with E-state index in [-0.39, 0.29) is 11.4 Å². The van der Waals surface area contributed by atoms with Crippen LogP contribution in [0.3, 0.4) is 0 Å². The first-order chi connectivity index (χ1) is 7.50. The standard InChI is InChI=1S/C10H12ClFN2O2/c11-7-5-6(1-2-8(7)12)14-4-3-9(13)10(15)16/h1-2,5,9,14H,3-4,13H2,(H,15,16). The van der Waals surface area contributed by atoms with Crippen molar-refractivity contribution in [1.29, 1.82) is 0 Å². The first kappa shape index (κ1) is 12.7. The van der Waals surface area contributed by atoms with E-state index in [2.05, 4.69) is 5.32 Å². The van der Waals surface area contributed by atoms with E-state index in [9.17, 15) is 9.18 Å². The number of rotatable bonds is 5. The van der Waals surface area contributed by atoms with Crippen LogP contribution in [0.15, 0.2) is 18.2 Å². The van der Waals surface area contributed by atoms with Gasteiger partial charge >= 0.3 is 5.97 Å². The summed E-state index contributed by atoms with van der Waals surface area (Å²) in [5.74, 6) is -1.53. The first-order valence-corrected chi connectivity index (χ1v) is 5.06. The third kappa shape index (κ3) is 3.67. The van der Waals surface area contributed by atoms with Gasteiger partial charge in [0, 0.05) is 12.2 Å². The highest BCUT2D eigenvalue weighted by molar-refractivity contribution is 6.31. The zero-order valence-electron chi connectivity index (χ0n) is 8.41. The molecule has 0 aliphatic rings. The van der Waals surface area contributed by atoms with Gasteiger partial charge in [0.15, 0.2) is 0 Å². The largest absolute Gasteiger partial charge is 0.480 e. The van der Waals surface area contributed by atoms with E-state index in [1.165, 1.54) is 18.2 Å². The second kappa shape index (κ2) is 5.67. The average molecular weight is 247 g/mol. The van der Waals surface area contributed by atoms with E-state index in [0.717, 1.165) is 0 Å². The van der Waals surface area contributed by atoms with Gasteiger partial charge in [-0.2, -0.15) is 0 Å². The van der Waals surface area contributed by atoms with E-state index in [0.29, 0.717) is 12.2 Å². The maximum Gasteiger partial charge on any atom is 0.320 e. The van der Waals surface area contributed by atoms with E-state index in [1.54, 1.807) is 0 Å². The molecule has 0 spiro atoms. The predicted octanol–water partition coefficient (Wildman–Crippen LogP) is 1.69. The number of benzene rings is 1. The number of carboxylic acids is 1. The molecule has 1 unspecified atom stereocenters. The molecule has 0 aliphatic carbocycles. The topological polar surface area (TPSA) is 75.3 Å². The second-order valence-electron chi connectivity index (χ2n) is 3.29. The van der Waals surface area contributed by atoms with Crippen molar-refractivity contribution >= 4 is 23.3 Å². The van der Waals surface area contributed by atoms with E-state index < -0.39 is 17.8 Å². The first-order valence-electron chi connectivity index (χ1n) is 4.68. The summed E-state index contributed by atoms with van der Waals surface area (Å²) in [6.07, 6.45) is 0.282. The van der Waals surface area contributed by atoms with Crippen molar-refractivity contribution in [2.24, 2.45) is 5.73 Å². The van der Waals surface area contributed by atoms with Gasteiger partial charge in [-0.05, 0) is 24.6 Å². The third-order valence-corrected chi connectivity index (χ3v) is 2.31. The van der Waals surface area contributed by atoms with Crippen LogP contribution in [-0.4, -0.2) is 23.7 Å². The fourth-order valence-electron chi connectivity index (χ4n) is 1.10. The Bertz CT molecular complexity index is 387. The van der Waals surface area contributed by atoms with Crippen LogP contribution in [0.1, 0.15) is 6.42 Å². The molecule has 16 heavy (non-hydrogen) atoms. The second-order valence-corrected chi connectivity index (χ2v) is 3.70. The number of carboxylic acid groups (broad SMARTS) is 1. The molecule has 0 amide bonds. The maximum atomic E-state index is 12.8. The van der Waals surface area contributed by atoms with Gasteiger partial charge in [-0.15, -0.1) is 0 Å². The van der Waals surface area contributed by atoms with Crippen molar-refractivity contribution in [2.75, 3.05) is 11.9 Å². The molecule has 0 saturated carbocycles. The summed E-state index contributed by atoms with van der Waals surface area (Å²) in [4.78, 5) is 10.4. The number of aliphatic carboxylic acids is 1. The van der Waals surface area contributed by atoms with Crippen LogP contribution in [0.5, 0.6) is 0 Å². The Morgan fingerprint density at radius 3 is 2.88 bits per heavy atom. The van der Waals surface area contributed by atoms with Crippen LogP contribution in [-0.2, 0) is 4.79 Å². The Kier molecular flexibility index (Phi) is 4.52. The molecule has 4 nitrogen and oxygen atoms in total. The molecule has 1 aromatic rings. The molecular formula is C10H12ClFN2O2. The van der Waals surface area contributed by atoms with Gasteiger partial charge in [-0.3, -0.25) is 4.79 Å². The van der Waals surface area contributed by atoms with Gasteiger partial charge in [0.05, 0.1) is 5.02 Å². The molecule has 1 atom stereocenters. The number of hydrogen-bond acceptors (Lipinski definition) is 3. The van der Waals surface area contributed by atoms with Crippen molar-refractivity contribution in [1.82, 2.24) is 0 Å².